The van der Waals surface area contributed by atoms with Crippen LogP contribution in [0.3, 0.4) is 0 Å². The van der Waals surface area contributed by atoms with Gasteiger partial charge in [0.05, 0.1) is 18.8 Å². The van der Waals surface area contributed by atoms with Crippen LogP contribution in [0.5, 0.6) is 0 Å². The van der Waals surface area contributed by atoms with E-state index >= 15 is 0 Å². The number of anilines is 1. The number of ketones is 6. The molecule has 18 heteroatoms. The fourth-order valence-electron chi connectivity index (χ4n) is 16.3. The molecule has 1 atom stereocenters. The number of aliphatic hydroxyl groups is 3. The number of carbonyl (C=O) groups is 8. The first-order valence-electron chi connectivity index (χ1n) is 44.0. The monoisotopic (exact) mass is 1770 g/mol. The van der Waals surface area contributed by atoms with Crippen molar-refractivity contribution in [3.05, 3.63) is 415 Å². The lowest BCUT2D eigenvalue weighted by Gasteiger charge is -2.38. The van der Waals surface area contributed by atoms with Gasteiger partial charge in [-0.3, -0.25) is 43.3 Å². The first-order valence-corrected chi connectivity index (χ1v) is 45.7. The molecule has 2 aliphatic rings. The van der Waals surface area contributed by atoms with Crippen molar-refractivity contribution in [3.63, 3.8) is 0 Å². The van der Waals surface area contributed by atoms with Crippen LogP contribution in [0, 0.1) is 41.5 Å². The van der Waals surface area contributed by atoms with Gasteiger partial charge in [-0.2, -0.15) is 0 Å². The van der Waals surface area contributed by atoms with E-state index in [1.165, 1.54) is 47.5 Å². The summed E-state index contributed by atoms with van der Waals surface area (Å²) < 4.78 is 30.8. The second-order valence-corrected chi connectivity index (χ2v) is 36.8. The molecule has 0 amide bonds. The van der Waals surface area contributed by atoms with Crippen LogP contribution in [0.25, 0.3) is 0 Å². The van der Waals surface area contributed by atoms with E-state index in [1.54, 1.807) is 78.9 Å². The normalized spacial score (nSPS) is 13.5. The van der Waals surface area contributed by atoms with Gasteiger partial charge in [-0.05, 0) is 179 Å². The summed E-state index contributed by atoms with van der Waals surface area (Å²) in [4.78, 5) is 106. The SMILES string of the molecule is CC(C)(O)C(=O)c1ccc(Cc2ccc(C(=O)C(C)(C)O)cc2)cc1.CCC(Cc1ccccc1)(C(=O)c1ccc(N2CCOCC2)cc1)N(C)C.COC(OC)(C(=O)c1ccccc1)c1ccccc1.Cc1cc(C)c(C(=O)P(=O)(C(=O)c2c(C)cc(C)cc2C)c2ccccc2)c(C)c1.O=C(c1ccccc1)C1(O)CCCCC1.O=C(c1ccccc1)c1ccccc1. The smallest absolute Gasteiger partial charge is 0.260 e. The Labute approximate surface area is 766 Å². The fraction of sp³-hybridized carbons (Fsp3) is 0.286. The zero-order chi connectivity index (χ0) is 94.6. The van der Waals surface area contributed by atoms with Gasteiger partial charge >= 0.3 is 0 Å². The maximum absolute atomic E-state index is 14.5. The lowest BCUT2D eigenvalue weighted by atomic mass is 9.79. The molecule has 1 saturated heterocycles. The summed E-state index contributed by atoms with van der Waals surface area (Å²) >= 11 is 0. The molecule has 2 fully saturated rings. The summed E-state index contributed by atoms with van der Waals surface area (Å²) in [5.74, 6) is -2.09. The van der Waals surface area contributed by atoms with Crippen LogP contribution < -0.4 is 10.2 Å². The number of nitrogens with zero attached hydrogens (tertiary/aromatic N) is 2. The standard InChI is InChI=1S/C26H27O3P.C23H30N2O2.C21H24O4.C16H16O3.C13H16O2.C13H10O/c1-16-12-18(3)23(19(4)13-16)25(27)30(29,22-10-8-7-9-11-22)26(28)24-20(5)14-17(2)15-21(24)6;1-4-23(24(2)3,18-19-8-6-5-7-9-19)22(26)20-10-12-21(13-11-20)25-14-16-27-17-15-25;1-20(2,24)18(22)16-9-5-14(6-10-16)13-15-7-11-17(12-8-15)19(23)21(3,4)25;1-18-16(19-2,14-11-7-4-8-12-14)15(17)13-9-5-3-6-10-13;14-12(11-7-3-1-4-8-11)13(15)9-5-2-6-10-13;14-13(11-7-3-1-4-8-11)12-9-5-2-6-10-12/h7-15H,1-6H3;5-13H,4,14-18H2,1-3H3;5-12,24-25H,13H2,1-4H3;3-12H,1-2H3;1,3-4,7-8,15H,2,5-6,9-10H2;1-10H. The molecule has 0 radical (unpaired) electrons. The van der Waals surface area contributed by atoms with E-state index in [2.05, 4.69) is 41.0 Å². The van der Waals surface area contributed by atoms with E-state index in [0.717, 1.165) is 119 Å². The van der Waals surface area contributed by atoms with Crippen LogP contribution in [0.2, 0.25) is 0 Å². The number of methoxy groups -OCH3 is 2. The van der Waals surface area contributed by atoms with Crippen molar-refractivity contribution in [1.82, 2.24) is 4.90 Å². The number of carbonyl (C=O) groups excluding carboxylic acids is 8. The molecule has 1 unspecified atom stereocenters. The summed E-state index contributed by atoms with van der Waals surface area (Å²) in [6.07, 6.45) is 6.39. The van der Waals surface area contributed by atoms with Crippen LogP contribution in [0.4, 0.5) is 5.69 Å². The van der Waals surface area contributed by atoms with Crippen LogP contribution >= 0.6 is 7.14 Å². The molecule has 12 aromatic carbocycles. The number of benzene rings is 12. The highest BCUT2D eigenvalue weighted by Gasteiger charge is 2.46. The predicted octanol–water partition coefficient (Wildman–Crippen LogP) is 21.5. The van der Waals surface area contributed by atoms with Gasteiger partial charge in [0.2, 0.25) is 24.0 Å². The van der Waals surface area contributed by atoms with Crippen molar-refractivity contribution >= 4 is 63.9 Å². The third-order valence-corrected chi connectivity index (χ3v) is 26.0. The van der Waals surface area contributed by atoms with E-state index in [4.69, 9.17) is 14.2 Å². The van der Waals surface area contributed by atoms with Gasteiger partial charge in [-0.25, -0.2) is 0 Å². The van der Waals surface area contributed by atoms with E-state index in [1.807, 2.05) is 262 Å². The van der Waals surface area contributed by atoms with Gasteiger partial charge in [0, 0.05) is 93.9 Å². The van der Waals surface area contributed by atoms with Crippen LogP contribution in [0.15, 0.2) is 309 Å². The first kappa shape index (κ1) is 101. The predicted molar refractivity (Wildman–Crippen MR) is 519 cm³/mol. The minimum absolute atomic E-state index is 0.0752. The summed E-state index contributed by atoms with van der Waals surface area (Å²) in [6.45, 7) is 22.5. The molecule has 17 nitrogen and oxygen atoms in total. The van der Waals surface area contributed by atoms with Crippen LogP contribution in [-0.4, -0.2) is 143 Å². The number of hydrogen-bond acceptors (Lipinski definition) is 17. The van der Waals surface area contributed by atoms with Crippen molar-refractivity contribution in [3.8, 4) is 0 Å². The Morgan fingerprint density at radius 1 is 0.423 bits per heavy atom. The van der Waals surface area contributed by atoms with E-state index in [9.17, 15) is 58.2 Å². The number of aryl methyl sites for hydroxylation is 6. The number of ether oxygens (including phenoxy) is 3. The van der Waals surface area contributed by atoms with Gasteiger partial charge < -0.3 is 39.0 Å². The largest absolute Gasteiger partial charge is 0.382 e. The second-order valence-electron chi connectivity index (χ2n) is 34.3. The van der Waals surface area contributed by atoms with Gasteiger partial charge in [0.25, 0.3) is 5.79 Å². The molecule has 1 heterocycles. The van der Waals surface area contributed by atoms with Gasteiger partial charge in [0.1, 0.15) is 16.8 Å². The Morgan fingerprint density at radius 2 is 0.762 bits per heavy atom. The molecular formula is C112H123N2O15P. The van der Waals surface area contributed by atoms with Gasteiger partial charge in [-0.15, -0.1) is 0 Å². The molecule has 1 aliphatic carbocycles. The molecule has 676 valence electrons. The number of hydrogen-bond donors (Lipinski definition) is 3. The molecule has 1 aliphatic heterocycles. The lowest BCUT2D eigenvalue weighted by Crippen LogP contribution is -2.52. The minimum Gasteiger partial charge on any atom is -0.382 e. The number of morpholine rings is 1. The maximum atomic E-state index is 14.5. The Bertz CT molecular complexity index is 5580. The molecule has 0 spiro atoms. The molecule has 12 aromatic rings. The van der Waals surface area contributed by atoms with Crippen molar-refractivity contribution in [2.24, 2.45) is 0 Å². The Kier molecular flexibility index (Phi) is 36.6. The molecule has 0 aromatic heterocycles. The topological polar surface area (TPSA) is 248 Å². The molecule has 14 rings (SSSR count). The number of rotatable bonds is 27. The average Bonchev–Trinajstić information content (AvgIpc) is 0.753. The summed E-state index contributed by atoms with van der Waals surface area (Å²) in [6, 6.07) is 94.5. The van der Waals surface area contributed by atoms with Crippen molar-refractivity contribution in [2.45, 2.75) is 156 Å². The first-order chi connectivity index (χ1) is 62.0. The number of likely N-dealkylation sites (N-methyl/N-ethyl adjacent to an activating group) is 1. The number of Topliss-reactive ketones (excluding diaryl/α,β-unsaturated/α-hetero) is 5. The zero-order valence-electron chi connectivity index (χ0n) is 77.5. The van der Waals surface area contributed by atoms with E-state index in [0.29, 0.717) is 64.6 Å². The Balaban J connectivity index is 0.000000179. The second kappa shape index (κ2) is 46.8. The average molecular weight is 1770 g/mol. The van der Waals surface area contributed by atoms with Crippen molar-refractivity contribution < 1.29 is 72.5 Å². The molecular weight excluding hydrogens is 1640 g/mol. The Hall–Kier alpha value is -12.3. The summed E-state index contributed by atoms with van der Waals surface area (Å²) in [7, 11) is 2.84. The highest BCUT2D eigenvalue weighted by atomic mass is 31.2. The lowest BCUT2D eigenvalue weighted by molar-refractivity contribution is -0.176. The molecule has 1 saturated carbocycles. The summed E-state index contributed by atoms with van der Waals surface area (Å²) in [5.41, 5.74) is 9.59. The van der Waals surface area contributed by atoms with Crippen LogP contribution in [-0.2, 0) is 37.4 Å². The molecule has 0 bridgehead atoms. The summed E-state index contributed by atoms with van der Waals surface area (Å²) in [5, 5.41) is 30.1. The maximum Gasteiger partial charge on any atom is 0.260 e. The third-order valence-electron chi connectivity index (χ3n) is 23.4. The van der Waals surface area contributed by atoms with Crippen LogP contribution in [0.1, 0.15) is 217 Å². The third kappa shape index (κ3) is 26.1. The van der Waals surface area contributed by atoms with E-state index in [-0.39, 0.29) is 40.0 Å². The minimum atomic E-state index is -4.11. The highest BCUT2D eigenvalue weighted by molar-refractivity contribution is 8.01. The van der Waals surface area contributed by atoms with Crippen molar-refractivity contribution in [1.29, 1.82) is 0 Å². The zero-order valence-corrected chi connectivity index (χ0v) is 78.4. The quantitative estimate of drug-likeness (QED) is 0.0246. The molecule has 3 N–H and O–H groups in total. The molecule has 130 heavy (non-hydrogen) atoms. The Morgan fingerprint density at radius 3 is 1.13 bits per heavy atom. The fourth-order valence-corrected chi connectivity index (χ4v) is 18.9. The van der Waals surface area contributed by atoms with Crippen molar-refractivity contribution in [2.75, 3.05) is 59.5 Å². The highest BCUT2D eigenvalue weighted by Crippen LogP contribution is 2.53. The van der Waals surface area contributed by atoms with Gasteiger partial charge in [-0.1, -0.05) is 322 Å². The van der Waals surface area contributed by atoms with Gasteiger partial charge in [0.15, 0.2) is 28.9 Å². The van der Waals surface area contributed by atoms with E-state index < -0.39 is 46.3 Å².